The summed E-state index contributed by atoms with van der Waals surface area (Å²) in [5.74, 6) is 0. The summed E-state index contributed by atoms with van der Waals surface area (Å²) in [5.41, 5.74) is 5.65. The van der Waals surface area contributed by atoms with E-state index >= 15 is 0 Å². The zero-order valence-electron chi connectivity index (χ0n) is 18.5. The van der Waals surface area contributed by atoms with Crippen LogP contribution in [-0.2, 0) is 18.3 Å². The van der Waals surface area contributed by atoms with Crippen LogP contribution in [-0.4, -0.2) is 31.0 Å². The van der Waals surface area contributed by atoms with Crippen LogP contribution in [0.1, 0.15) is 16.8 Å². The number of benzene rings is 3. The van der Waals surface area contributed by atoms with Crippen LogP contribution in [0, 0.1) is 0 Å². The van der Waals surface area contributed by atoms with Crippen molar-refractivity contribution in [3.05, 3.63) is 123 Å². The number of halogens is 2. The number of hydrogen-bond acceptors (Lipinski definition) is 2. The van der Waals surface area contributed by atoms with E-state index < -0.39 is 4.20 Å². The Morgan fingerprint density at radius 1 is 0.882 bits per heavy atom. The van der Waals surface area contributed by atoms with Gasteiger partial charge in [0, 0.05) is 0 Å². The van der Waals surface area contributed by atoms with E-state index in [-0.39, 0.29) is 5.56 Å². The number of pyridine rings is 1. The fourth-order valence-corrected chi connectivity index (χ4v) is 5.81. The summed E-state index contributed by atoms with van der Waals surface area (Å²) < 4.78 is 3.12. The summed E-state index contributed by atoms with van der Waals surface area (Å²) in [7, 11) is 3.78. The molecule has 34 heavy (non-hydrogen) atoms. The Morgan fingerprint density at radius 2 is 1.62 bits per heavy atom. The van der Waals surface area contributed by atoms with E-state index in [9.17, 15) is 4.79 Å². The van der Waals surface area contributed by atoms with E-state index in [2.05, 4.69) is 34.0 Å². The molecule has 0 spiro atoms. The number of rotatable bonds is 4. The minimum atomic E-state index is -0.572. The molecule has 1 atom stereocenters. The summed E-state index contributed by atoms with van der Waals surface area (Å²) in [5, 5.41) is 2.27. The molecule has 0 saturated carbocycles. The van der Waals surface area contributed by atoms with Gasteiger partial charge in [-0.1, -0.05) is 0 Å². The third-order valence-corrected chi connectivity index (χ3v) is 8.30. The zero-order chi connectivity index (χ0) is 24.0. The van der Waals surface area contributed by atoms with Crippen LogP contribution in [0.15, 0.2) is 90.1 Å². The first kappa shape index (κ1) is 23.0. The van der Waals surface area contributed by atoms with Gasteiger partial charge in [-0.3, -0.25) is 0 Å². The molecule has 0 bridgehead atoms. The van der Waals surface area contributed by atoms with Gasteiger partial charge in [0.25, 0.3) is 0 Å². The Morgan fingerprint density at radius 3 is 2.29 bits per heavy atom. The molecular weight excluding hydrogens is 528 g/mol. The van der Waals surface area contributed by atoms with Gasteiger partial charge in [0.05, 0.1) is 0 Å². The van der Waals surface area contributed by atoms with Crippen molar-refractivity contribution in [3.63, 3.8) is 0 Å². The standard InChI is InChI=1S/C27H20AsCl2N3O/c1-32-16-31-15-25(32)27(28,18-6-9-20(29)10-7-18)19-8-11-24-23(13-19)22(14-26(34)33(24)2)17-4-3-5-21(30)12-17/h3-16H,1-2H3. The van der Waals surface area contributed by atoms with E-state index in [1.807, 2.05) is 72.4 Å². The number of imidazole rings is 1. The molecule has 0 saturated heterocycles. The number of aromatic nitrogens is 3. The molecule has 2 radical (unpaired) electrons. The molecule has 5 rings (SSSR count). The Kier molecular flexibility index (Phi) is 5.93. The summed E-state index contributed by atoms with van der Waals surface area (Å²) in [6.07, 6.45) is 3.69. The van der Waals surface area contributed by atoms with Gasteiger partial charge in [-0.15, -0.1) is 0 Å². The van der Waals surface area contributed by atoms with Gasteiger partial charge in [0.2, 0.25) is 0 Å². The van der Waals surface area contributed by atoms with Crippen molar-refractivity contribution in [2.24, 2.45) is 14.1 Å². The molecule has 0 amide bonds. The van der Waals surface area contributed by atoms with Crippen LogP contribution >= 0.6 is 23.2 Å². The van der Waals surface area contributed by atoms with Gasteiger partial charge in [-0.2, -0.15) is 0 Å². The molecule has 4 nitrogen and oxygen atoms in total. The average molecular weight is 548 g/mol. The van der Waals surface area contributed by atoms with Crippen LogP contribution in [0.3, 0.4) is 0 Å². The van der Waals surface area contributed by atoms with Crippen molar-refractivity contribution in [2.75, 3.05) is 0 Å². The number of nitrogens with zero attached hydrogens (tertiary/aromatic N) is 3. The number of fused-ring (bicyclic) bond motifs is 1. The molecule has 5 aromatic rings. The van der Waals surface area contributed by atoms with Gasteiger partial charge in [0.1, 0.15) is 0 Å². The molecule has 0 N–H and O–H groups in total. The number of hydrogen-bond donors (Lipinski definition) is 0. The van der Waals surface area contributed by atoms with Gasteiger partial charge in [0.15, 0.2) is 0 Å². The van der Waals surface area contributed by atoms with E-state index in [1.54, 1.807) is 24.0 Å². The first-order valence-electron chi connectivity index (χ1n) is 10.6. The second kappa shape index (κ2) is 8.78. The topological polar surface area (TPSA) is 39.8 Å². The van der Waals surface area contributed by atoms with Crippen molar-refractivity contribution in [1.82, 2.24) is 14.1 Å². The van der Waals surface area contributed by atoms with Crippen LogP contribution in [0.25, 0.3) is 22.0 Å². The first-order valence-corrected chi connectivity index (χ1v) is 12.3. The molecule has 0 aliphatic carbocycles. The van der Waals surface area contributed by atoms with Crippen molar-refractivity contribution >= 4 is 51.0 Å². The monoisotopic (exact) mass is 547 g/mol. The predicted molar refractivity (Wildman–Crippen MR) is 140 cm³/mol. The minimum absolute atomic E-state index is 0.0712. The van der Waals surface area contributed by atoms with Gasteiger partial charge in [-0.05, 0) is 0 Å². The predicted octanol–water partition coefficient (Wildman–Crippen LogP) is 5.71. The average Bonchev–Trinajstić information content (AvgIpc) is 3.27. The Bertz CT molecular complexity index is 1590. The first-order chi connectivity index (χ1) is 16.3. The zero-order valence-corrected chi connectivity index (χ0v) is 21.9. The van der Waals surface area contributed by atoms with E-state index in [0.29, 0.717) is 10.0 Å². The molecular formula is C27H20AsCl2N3O. The van der Waals surface area contributed by atoms with Crippen LogP contribution in [0.5, 0.6) is 0 Å². The maximum absolute atomic E-state index is 12.8. The third kappa shape index (κ3) is 3.80. The van der Waals surface area contributed by atoms with E-state index in [0.717, 1.165) is 38.9 Å². The second-order valence-corrected chi connectivity index (χ2v) is 10.6. The van der Waals surface area contributed by atoms with Crippen LogP contribution in [0.4, 0.5) is 0 Å². The molecule has 0 fully saturated rings. The molecule has 2 aromatic heterocycles. The van der Waals surface area contributed by atoms with E-state index in [4.69, 9.17) is 23.2 Å². The maximum atomic E-state index is 12.8. The van der Waals surface area contributed by atoms with Crippen molar-refractivity contribution in [1.29, 1.82) is 0 Å². The summed E-state index contributed by atoms with van der Waals surface area (Å²) in [6, 6.07) is 23.4. The van der Waals surface area contributed by atoms with Crippen LogP contribution < -0.4 is 5.56 Å². The molecule has 0 aliphatic heterocycles. The third-order valence-electron chi connectivity index (χ3n) is 6.25. The van der Waals surface area contributed by atoms with Crippen molar-refractivity contribution in [2.45, 2.75) is 4.20 Å². The summed E-state index contributed by atoms with van der Waals surface area (Å²) in [4.78, 5) is 17.2. The number of aryl methyl sites for hydroxylation is 2. The van der Waals surface area contributed by atoms with Gasteiger partial charge >= 0.3 is 217 Å². The van der Waals surface area contributed by atoms with Crippen molar-refractivity contribution < 1.29 is 0 Å². The molecule has 1 unspecified atom stereocenters. The SMILES string of the molecule is Cn1cncc1C([As])(c1ccc(Cl)cc1)c1ccc2c(c1)c(-c1cccc(Cl)c1)cc(=O)n2C. The quantitative estimate of drug-likeness (QED) is 0.270. The van der Waals surface area contributed by atoms with Crippen LogP contribution in [0.2, 0.25) is 10.0 Å². The fraction of sp³-hybridized carbons (Fsp3) is 0.111. The van der Waals surface area contributed by atoms with E-state index in [1.165, 1.54) is 0 Å². The second-order valence-electron chi connectivity index (χ2n) is 8.30. The molecule has 168 valence electrons. The Balaban J connectivity index is 1.84. The Hall–Kier alpha value is -2.78. The fourth-order valence-electron chi connectivity index (χ4n) is 4.44. The Labute approximate surface area is 216 Å². The summed E-state index contributed by atoms with van der Waals surface area (Å²) >= 11 is 15.3. The molecule has 7 heteroatoms. The molecule has 0 aliphatic rings. The molecule has 2 heterocycles. The van der Waals surface area contributed by atoms with Gasteiger partial charge in [-0.25, -0.2) is 0 Å². The molecule has 3 aromatic carbocycles. The summed E-state index contributed by atoms with van der Waals surface area (Å²) in [6.45, 7) is 0. The normalized spacial score (nSPS) is 13.2. The van der Waals surface area contributed by atoms with Crippen molar-refractivity contribution in [3.8, 4) is 11.1 Å². The van der Waals surface area contributed by atoms with Gasteiger partial charge < -0.3 is 0 Å².